The third-order valence-electron chi connectivity index (χ3n) is 5.37. The molecule has 0 unspecified atom stereocenters. The average molecular weight is 421 g/mol. The Balaban J connectivity index is 1.29. The van der Waals surface area contributed by atoms with Gasteiger partial charge in [0, 0.05) is 18.3 Å². The lowest BCUT2D eigenvalue weighted by atomic mass is 10.1. The highest BCUT2D eigenvalue weighted by Gasteiger charge is 2.13. The summed E-state index contributed by atoms with van der Waals surface area (Å²) in [4.78, 5) is 15.0. The van der Waals surface area contributed by atoms with Gasteiger partial charge in [-0.15, -0.1) is 0 Å². The zero-order valence-corrected chi connectivity index (χ0v) is 17.8. The van der Waals surface area contributed by atoms with E-state index in [1.54, 1.807) is 25.3 Å². The SMILES string of the molecule is COc1cccc(OCc2ccc(C(=O)Nc3ccc(CN4CCCCC4)cc3)o2)c1. The topological polar surface area (TPSA) is 63.9 Å². The number of nitrogens with zero attached hydrogens (tertiary/aromatic N) is 1. The van der Waals surface area contributed by atoms with E-state index in [0.29, 0.717) is 11.5 Å². The number of furan rings is 1. The van der Waals surface area contributed by atoms with Crippen molar-refractivity contribution in [3.8, 4) is 11.5 Å². The molecule has 0 saturated carbocycles. The van der Waals surface area contributed by atoms with Crippen molar-refractivity contribution in [1.82, 2.24) is 4.90 Å². The third kappa shape index (κ3) is 5.89. The maximum Gasteiger partial charge on any atom is 0.291 e. The van der Waals surface area contributed by atoms with Crippen molar-refractivity contribution in [3.05, 3.63) is 77.7 Å². The monoisotopic (exact) mass is 420 g/mol. The number of rotatable bonds is 8. The molecule has 0 aliphatic carbocycles. The van der Waals surface area contributed by atoms with Gasteiger partial charge < -0.3 is 19.2 Å². The minimum absolute atomic E-state index is 0.228. The number of amides is 1. The van der Waals surface area contributed by atoms with Gasteiger partial charge in [-0.2, -0.15) is 0 Å². The molecular formula is C25H28N2O4. The van der Waals surface area contributed by atoms with Crippen LogP contribution in [-0.2, 0) is 13.2 Å². The summed E-state index contributed by atoms with van der Waals surface area (Å²) in [6, 6.07) is 18.8. The lowest BCUT2D eigenvalue weighted by Crippen LogP contribution is -2.29. The molecule has 6 nitrogen and oxygen atoms in total. The number of benzene rings is 2. The molecule has 1 N–H and O–H groups in total. The van der Waals surface area contributed by atoms with E-state index in [-0.39, 0.29) is 18.3 Å². The van der Waals surface area contributed by atoms with Crippen LogP contribution in [0.2, 0.25) is 0 Å². The van der Waals surface area contributed by atoms with Crippen LogP contribution in [0, 0.1) is 0 Å². The van der Waals surface area contributed by atoms with E-state index in [4.69, 9.17) is 13.9 Å². The van der Waals surface area contributed by atoms with Crippen molar-refractivity contribution in [2.24, 2.45) is 0 Å². The fraction of sp³-hybridized carbons (Fsp3) is 0.320. The highest BCUT2D eigenvalue weighted by atomic mass is 16.5. The summed E-state index contributed by atoms with van der Waals surface area (Å²) in [5.74, 6) is 1.94. The number of anilines is 1. The molecule has 31 heavy (non-hydrogen) atoms. The molecule has 1 amide bonds. The van der Waals surface area contributed by atoms with Crippen LogP contribution in [0.4, 0.5) is 5.69 Å². The lowest BCUT2D eigenvalue weighted by Gasteiger charge is -2.26. The van der Waals surface area contributed by atoms with Gasteiger partial charge in [0.15, 0.2) is 5.76 Å². The Bertz CT molecular complexity index is 991. The van der Waals surface area contributed by atoms with E-state index in [1.807, 2.05) is 30.3 Å². The Morgan fingerprint density at radius 2 is 1.77 bits per heavy atom. The highest BCUT2D eigenvalue weighted by Crippen LogP contribution is 2.21. The Labute approximate surface area is 182 Å². The van der Waals surface area contributed by atoms with Crippen LogP contribution in [0.5, 0.6) is 11.5 Å². The van der Waals surface area contributed by atoms with Gasteiger partial charge in [0.25, 0.3) is 5.91 Å². The molecule has 1 aliphatic rings. The second-order valence-corrected chi connectivity index (χ2v) is 7.72. The van der Waals surface area contributed by atoms with Gasteiger partial charge in [0.2, 0.25) is 0 Å². The number of carbonyl (C=O) groups is 1. The van der Waals surface area contributed by atoms with Crippen molar-refractivity contribution in [3.63, 3.8) is 0 Å². The zero-order chi connectivity index (χ0) is 21.5. The molecule has 0 bridgehead atoms. The van der Waals surface area contributed by atoms with Gasteiger partial charge >= 0.3 is 0 Å². The Morgan fingerprint density at radius 3 is 2.55 bits per heavy atom. The summed E-state index contributed by atoms with van der Waals surface area (Å²) in [5, 5.41) is 2.89. The van der Waals surface area contributed by atoms with Crippen LogP contribution in [0.3, 0.4) is 0 Å². The third-order valence-corrected chi connectivity index (χ3v) is 5.37. The highest BCUT2D eigenvalue weighted by molar-refractivity contribution is 6.02. The minimum Gasteiger partial charge on any atom is -0.497 e. The predicted molar refractivity (Wildman–Crippen MR) is 120 cm³/mol. The number of methoxy groups -OCH3 is 1. The van der Waals surface area contributed by atoms with Crippen molar-refractivity contribution in [2.75, 3.05) is 25.5 Å². The minimum atomic E-state index is -0.281. The first-order valence-corrected chi connectivity index (χ1v) is 10.7. The van der Waals surface area contributed by atoms with Crippen LogP contribution < -0.4 is 14.8 Å². The predicted octanol–water partition coefficient (Wildman–Crippen LogP) is 5.11. The standard InChI is InChI=1S/C25H28N2O4/c1-29-21-6-5-7-22(16-21)30-18-23-12-13-24(31-23)25(28)26-20-10-8-19(9-11-20)17-27-14-3-2-4-15-27/h5-13,16H,2-4,14-15,17-18H2,1H3,(H,26,28). The number of hydrogen-bond donors (Lipinski definition) is 1. The molecule has 2 aromatic carbocycles. The molecule has 0 spiro atoms. The molecule has 1 fully saturated rings. The van der Waals surface area contributed by atoms with Crippen LogP contribution in [0.25, 0.3) is 0 Å². The molecule has 3 aromatic rings. The van der Waals surface area contributed by atoms with Crippen LogP contribution in [0.1, 0.15) is 41.1 Å². The van der Waals surface area contributed by atoms with E-state index >= 15 is 0 Å². The van der Waals surface area contributed by atoms with Crippen molar-refractivity contribution in [1.29, 1.82) is 0 Å². The second-order valence-electron chi connectivity index (χ2n) is 7.72. The first kappa shape index (κ1) is 21.0. The average Bonchev–Trinajstić information content (AvgIpc) is 3.29. The second kappa shape index (κ2) is 10.2. The van der Waals surface area contributed by atoms with Crippen molar-refractivity contribution < 1.29 is 18.7 Å². The molecule has 0 atom stereocenters. The van der Waals surface area contributed by atoms with Crippen molar-refractivity contribution >= 4 is 11.6 Å². The summed E-state index contributed by atoms with van der Waals surface area (Å²) < 4.78 is 16.5. The Hall–Kier alpha value is -3.25. The number of carbonyl (C=O) groups excluding carboxylic acids is 1. The van der Waals surface area contributed by atoms with Gasteiger partial charge in [-0.05, 0) is 67.9 Å². The van der Waals surface area contributed by atoms with E-state index in [0.717, 1.165) is 18.0 Å². The molecule has 6 heteroatoms. The maximum absolute atomic E-state index is 12.5. The molecule has 1 saturated heterocycles. The smallest absolute Gasteiger partial charge is 0.291 e. The zero-order valence-electron chi connectivity index (χ0n) is 17.8. The van der Waals surface area contributed by atoms with E-state index in [9.17, 15) is 4.79 Å². The Kier molecular flexibility index (Phi) is 6.89. The lowest BCUT2D eigenvalue weighted by molar-refractivity contribution is 0.0992. The van der Waals surface area contributed by atoms with Crippen LogP contribution in [-0.4, -0.2) is 31.0 Å². The first-order valence-electron chi connectivity index (χ1n) is 10.7. The summed E-state index contributed by atoms with van der Waals surface area (Å²) >= 11 is 0. The molecule has 0 radical (unpaired) electrons. The molecule has 2 heterocycles. The summed E-state index contributed by atoms with van der Waals surface area (Å²) in [6.45, 7) is 3.52. The summed E-state index contributed by atoms with van der Waals surface area (Å²) in [6.07, 6.45) is 3.90. The maximum atomic E-state index is 12.5. The van der Waals surface area contributed by atoms with Gasteiger partial charge in [-0.1, -0.05) is 24.6 Å². The quantitative estimate of drug-likeness (QED) is 0.549. The first-order chi connectivity index (χ1) is 15.2. The molecule has 162 valence electrons. The number of likely N-dealkylation sites (tertiary alicyclic amines) is 1. The summed E-state index contributed by atoms with van der Waals surface area (Å²) in [7, 11) is 1.61. The number of piperidine rings is 1. The van der Waals surface area contributed by atoms with Gasteiger partial charge in [-0.3, -0.25) is 9.69 Å². The van der Waals surface area contributed by atoms with E-state index < -0.39 is 0 Å². The molecule has 1 aliphatic heterocycles. The van der Waals surface area contributed by atoms with Gasteiger partial charge in [0.05, 0.1) is 7.11 Å². The number of ether oxygens (including phenoxy) is 2. The van der Waals surface area contributed by atoms with Gasteiger partial charge in [0.1, 0.15) is 23.9 Å². The summed E-state index contributed by atoms with van der Waals surface area (Å²) in [5.41, 5.74) is 2.01. The molecule has 1 aromatic heterocycles. The largest absolute Gasteiger partial charge is 0.497 e. The number of nitrogens with one attached hydrogen (secondary N) is 1. The van der Waals surface area contributed by atoms with Gasteiger partial charge in [-0.25, -0.2) is 0 Å². The normalized spacial score (nSPS) is 14.2. The van der Waals surface area contributed by atoms with E-state index in [2.05, 4.69) is 22.3 Å². The van der Waals surface area contributed by atoms with Crippen molar-refractivity contribution in [2.45, 2.75) is 32.4 Å². The Morgan fingerprint density at radius 1 is 1.00 bits per heavy atom. The van der Waals surface area contributed by atoms with Crippen LogP contribution in [0.15, 0.2) is 65.1 Å². The van der Waals surface area contributed by atoms with E-state index in [1.165, 1.54) is 37.9 Å². The molecular weight excluding hydrogens is 392 g/mol. The fourth-order valence-corrected chi connectivity index (χ4v) is 3.68. The van der Waals surface area contributed by atoms with Crippen LogP contribution >= 0.6 is 0 Å². The fourth-order valence-electron chi connectivity index (χ4n) is 3.68. The molecule has 4 rings (SSSR count). The number of hydrogen-bond acceptors (Lipinski definition) is 5.